The summed E-state index contributed by atoms with van der Waals surface area (Å²) in [6, 6.07) is 3.89. The van der Waals surface area contributed by atoms with Crippen LogP contribution in [0.3, 0.4) is 0 Å². The number of benzene rings is 1. The van der Waals surface area contributed by atoms with E-state index >= 15 is 0 Å². The Morgan fingerprint density at radius 2 is 2.30 bits per heavy atom. The van der Waals surface area contributed by atoms with Crippen LogP contribution in [0.25, 0.3) is 0 Å². The van der Waals surface area contributed by atoms with E-state index in [2.05, 4.69) is 0 Å². The Labute approximate surface area is 120 Å². The number of carbonyl (C=O) groups is 1. The van der Waals surface area contributed by atoms with Gasteiger partial charge in [0.25, 0.3) is 0 Å². The van der Waals surface area contributed by atoms with Crippen molar-refractivity contribution in [2.45, 2.75) is 18.2 Å². The first-order valence-electron chi connectivity index (χ1n) is 5.83. The van der Waals surface area contributed by atoms with Crippen LogP contribution in [-0.4, -0.2) is 34.9 Å². The minimum absolute atomic E-state index is 0.0761. The van der Waals surface area contributed by atoms with Gasteiger partial charge in [-0.15, -0.1) is 0 Å². The molecule has 0 heterocycles. The standard InChI is InChI=1S/C12H16N2O5S/c1-19-11-3-2-8(6-10(11)14(17)18)7-20-5-4-9(13)12(15)16/h2-3,6,9H,4-5,7,13H2,1H3,(H,15,16). The van der Waals surface area contributed by atoms with Crippen LogP contribution >= 0.6 is 11.8 Å². The molecular weight excluding hydrogens is 284 g/mol. The topological polar surface area (TPSA) is 116 Å². The summed E-state index contributed by atoms with van der Waals surface area (Å²) < 4.78 is 4.91. The lowest BCUT2D eigenvalue weighted by atomic mass is 10.2. The number of carboxylic acids is 1. The smallest absolute Gasteiger partial charge is 0.320 e. The molecule has 1 rings (SSSR count). The fourth-order valence-electron chi connectivity index (χ4n) is 1.49. The number of nitro benzene ring substituents is 1. The molecule has 0 aromatic heterocycles. The van der Waals surface area contributed by atoms with Gasteiger partial charge >= 0.3 is 11.7 Å². The Morgan fingerprint density at radius 3 is 2.85 bits per heavy atom. The molecule has 0 aliphatic rings. The molecule has 0 saturated heterocycles. The molecule has 0 spiro atoms. The zero-order valence-corrected chi connectivity index (χ0v) is 11.8. The number of nitrogens with zero attached hydrogens (tertiary/aromatic N) is 1. The number of hydrogen-bond acceptors (Lipinski definition) is 6. The van der Waals surface area contributed by atoms with Crippen LogP contribution < -0.4 is 10.5 Å². The van der Waals surface area contributed by atoms with Crippen molar-refractivity contribution in [1.29, 1.82) is 0 Å². The van der Waals surface area contributed by atoms with Crippen molar-refractivity contribution >= 4 is 23.4 Å². The molecule has 1 unspecified atom stereocenters. The van der Waals surface area contributed by atoms with Gasteiger partial charge in [-0.1, -0.05) is 6.07 Å². The highest BCUT2D eigenvalue weighted by molar-refractivity contribution is 7.98. The second kappa shape index (κ2) is 7.71. The number of aliphatic carboxylic acids is 1. The number of rotatable bonds is 8. The quantitative estimate of drug-likeness (QED) is 0.426. The normalized spacial score (nSPS) is 11.9. The van der Waals surface area contributed by atoms with Gasteiger partial charge < -0.3 is 15.6 Å². The molecule has 20 heavy (non-hydrogen) atoms. The maximum Gasteiger partial charge on any atom is 0.320 e. The average Bonchev–Trinajstić information content (AvgIpc) is 2.42. The lowest BCUT2D eigenvalue weighted by Crippen LogP contribution is -2.30. The number of nitrogens with two attached hydrogens (primary N) is 1. The molecule has 0 saturated carbocycles. The third-order valence-electron chi connectivity index (χ3n) is 2.60. The Kier molecular flexibility index (Phi) is 6.26. The van der Waals surface area contributed by atoms with Crippen molar-refractivity contribution in [3.05, 3.63) is 33.9 Å². The molecule has 110 valence electrons. The summed E-state index contributed by atoms with van der Waals surface area (Å²) in [5.74, 6) is 0.326. The van der Waals surface area contributed by atoms with E-state index in [-0.39, 0.29) is 11.4 Å². The number of methoxy groups -OCH3 is 1. The predicted molar refractivity (Wildman–Crippen MR) is 76.0 cm³/mol. The molecule has 1 atom stereocenters. The maximum absolute atomic E-state index is 10.9. The molecule has 1 aromatic carbocycles. The lowest BCUT2D eigenvalue weighted by molar-refractivity contribution is -0.385. The number of hydrogen-bond donors (Lipinski definition) is 2. The van der Waals surface area contributed by atoms with Crippen LogP contribution in [0.4, 0.5) is 5.69 Å². The summed E-state index contributed by atoms with van der Waals surface area (Å²) in [5.41, 5.74) is 6.09. The predicted octanol–water partition coefficient (Wildman–Crippen LogP) is 1.64. The molecule has 0 bridgehead atoms. The molecule has 0 aliphatic carbocycles. The third-order valence-corrected chi connectivity index (χ3v) is 3.66. The first kappa shape index (κ1) is 16.3. The summed E-state index contributed by atoms with van der Waals surface area (Å²) in [4.78, 5) is 20.9. The molecule has 7 nitrogen and oxygen atoms in total. The number of carboxylic acid groups (broad SMARTS) is 1. The van der Waals surface area contributed by atoms with Gasteiger partial charge in [-0.05, 0) is 23.8 Å². The van der Waals surface area contributed by atoms with Crippen LogP contribution in [-0.2, 0) is 10.5 Å². The molecule has 1 aromatic rings. The monoisotopic (exact) mass is 300 g/mol. The molecule has 3 N–H and O–H groups in total. The van der Waals surface area contributed by atoms with E-state index in [1.165, 1.54) is 24.9 Å². The van der Waals surface area contributed by atoms with E-state index in [4.69, 9.17) is 15.6 Å². The lowest BCUT2D eigenvalue weighted by Gasteiger charge is -2.07. The highest BCUT2D eigenvalue weighted by atomic mass is 32.2. The van der Waals surface area contributed by atoms with Gasteiger partial charge in [0.1, 0.15) is 6.04 Å². The maximum atomic E-state index is 10.9. The van der Waals surface area contributed by atoms with Crippen molar-refractivity contribution in [3.8, 4) is 5.75 Å². The first-order valence-corrected chi connectivity index (χ1v) is 6.98. The molecule has 8 heteroatoms. The minimum atomic E-state index is -1.02. The van der Waals surface area contributed by atoms with Crippen LogP contribution in [0.1, 0.15) is 12.0 Å². The fraction of sp³-hybridized carbons (Fsp3) is 0.417. The Bertz CT molecular complexity index is 495. The molecule has 0 fully saturated rings. The highest BCUT2D eigenvalue weighted by Gasteiger charge is 2.15. The van der Waals surface area contributed by atoms with E-state index in [9.17, 15) is 14.9 Å². The van der Waals surface area contributed by atoms with E-state index in [1.807, 2.05) is 0 Å². The largest absolute Gasteiger partial charge is 0.490 e. The third kappa shape index (κ3) is 4.71. The van der Waals surface area contributed by atoms with Gasteiger partial charge in [-0.3, -0.25) is 14.9 Å². The molecule has 0 amide bonds. The zero-order valence-electron chi connectivity index (χ0n) is 10.9. The van der Waals surface area contributed by atoms with Gasteiger partial charge in [0.15, 0.2) is 5.75 Å². The van der Waals surface area contributed by atoms with E-state index in [1.54, 1.807) is 12.1 Å². The van der Waals surface area contributed by atoms with E-state index in [0.717, 1.165) is 5.56 Å². The molecule has 0 radical (unpaired) electrons. The summed E-state index contributed by atoms with van der Waals surface area (Å²) in [6.45, 7) is 0. The highest BCUT2D eigenvalue weighted by Crippen LogP contribution is 2.29. The Morgan fingerprint density at radius 1 is 1.60 bits per heavy atom. The van der Waals surface area contributed by atoms with E-state index < -0.39 is 16.9 Å². The number of ether oxygens (including phenoxy) is 1. The molecular formula is C12H16N2O5S. The number of nitro groups is 1. The number of thioether (sulfide) groups is 1. The van der Waals surface area contributed by atoms with Crippen molar-refractivity contribution in [1.82, 2.24) is 0 Å². The van der Waals surface area contributed by atoms with Crippen molar-refractivity contribution in [3.63, 3.8) is 0 Å². The Balaban J connectivity index is 2.55. The summed E-state index contributed by atoms with van der Waals surface area (Å²) >= 11 is 1.48. The van der Waals surface area contributed by atoms with Crippen molar-refractivity contribution in [2.75, 3.05) is 12.9 Å². The van der Waals surface area contributed by atoms with Gasteiger partial charge in [0.05, 0.1) is 12.0 Å². The van der Waals surface area contributed by atoms with Crippen molar-refractivity contribution in [2.24, 2.45) is 5.73 Å². The summed E-state index contributed by atoms with van der Waals surface area (Å²) in [6.07, 6.45) is 0.359. The van der Waals surface area contributed by atoms with Gasteiger partial charge in [0, 0.05) is 11.8 Å². The Hall–Kier alpha value is -1.80. The van der Waals surface area contributed by atoms with Crippen molar-refractivity contribution < 1.29 is 19.6 Å². The second-order valence-electron chi connectivity index (χ2n) is 4.05. The molecule has 0 aliphatic heterocycles. The van der Waals surface area contributed by atoms with Gasteiger partial charge in [-0.25, -0.2) is 0 Å². The fourth-order valence-corrected chi connectivity index (χ4v) is 2.47. The van der Waals surface area contributed by atoms with Crippen LogP contribution in [0.2, 0.25) is 0 Å². The summed E-state index contributed by atoms with van der Waals surface area (Å²) in [5, 5.41) is 19.5. The SMILES string of the molecule is COc1ccc(CSCCC(N)C(=O)O)cc1[N+](=O)[O-]. The van der Waals surface area contributed by atoms with Crippen LogP contribution in [0.15, 0.2) is 18.2 Å². The van der Waals surface area contributed by atoms with Crippen LogP contribution in [0, 0.1) is 10.1 Å². The van der Waals surface area contributed by atoms with E-state index in [0.29, 0.717) is 17.9 Å². The zero-order chi connectivity index (χ0) is 15.1. The summed E-state index contributed by atoms with van der Waals surface area (Å²) in [7, 11) is 1.38. The average molecular weight is 300 g/mol. The van der Waals surface area contributed by atoms with Gasteiger partial charge in [0.2, 0.25) is 0 Å². The minimum Gasteiger partial charge on any atom is -0.490 e. The second-order valence-corrected chi connectivity index (χ2v) is 5.15. The van der Waals surface area contributed by atoms with Gasteiger partial charge in [-0.2, -0.15) is 11.8 Å². The van der Waals surface area contributed by atoms with Crippen LogP contribution in [0.5, 0.6) is 5.75 Å². The first-order chi connectivity index (χ1) is 9.45.